The van der Waals surface area contributed by atoms with E-state index in [2.05, 4.69) is 0 Å². The molecule has 144 valence electrons. The van der Waals surface area contributed by atoms with Crippen LogP contribution in [0.4, 0.5) is 0 Å². The minimum atomic E-state index is -0.0968. The Balaban J connectivity index is 1.48. The Morgan fingerprint density at radius 2 is 1.36 bits per heavy atom. The molecule has 0 heterocycles. The first-order chi connectivity index (χ1) is 13.6. The highest BCUT2D eigenvalue weighted by Crippen LogP contribution is 2.23. The number of rotatable bonds is 8. The van der Waals surface area contributed by atoms with Crippen LogP contribution in [0.5, 0.6) is 23.0 Å². The standard InChI is InChI=1S/C23H23NO4/c1-24(16-18-8-10-19(26-2)11-9-18)23(25)17-27-20-12-14-22(15-13-20)28-21-6-4-3-5-7-21/h3-15H,16-17H2,1-2H3. The molecule has 3 aromatic rings. The van der Waals surface area contributed by atoms with E-state index in [0.29, 0.717) is 18.0 Å². The van der Waals surface area contributed by atoms with Gasteiger partial charge in [-0.15, -0.1) is 0 Å². The first kappa shape index (κ1) is 19.3. The molecular weight excluding hydrogens is 354 g/mol. The third kappa shape index (κ3) is 5.51. The lowest BCUT2D eigenvalue weighted by molar-refractivity contribution is -0.132. The molecule has 0 aliphatic heterocycles. The molecule has 5 heteroatoms. The van der Waals surface area contributed by atoms with Gasteiger partial charge in [0.2, 0.25) is 0 Å². The SMILES string of the molecule is COc1ccc(CN(C)C(=O)COc2ccc(Oc3ccccc3)cc2)cc1. The minimum absolute atomic E-state index is 0.0223. The van der Waals surface area contributed by atoms with E-state index in [1.807, 2.05) is 66.7 Å². The summed E-state index contributed by atoms with van der Waals surface area (Å²) in [6, 6.07) is 24.4. The van der Waals surface area contributed by atoms with Crippen LogP contribution in [0.25, 0.3) is 0 Å². The van der Waals surface area contributed by atoms with Crippen molar-refractivity contribution in [2.75, 3.05) is 20.8 Å². The zero-order chi connectivity index (χ0) is 19.8. The number of para-hydroxylation sites is 1. The van der Waals surface area contributed by atoms with Gasteiger partial charge < -0.3 is 19.1 Å². The fraction of sp³-hybridized carbons (Fsp3) is 0.174. The first-order valence-electron chi connectivity index (χ1n) is 8.97. The molecule has 0 bridgehead atoms. The zero-order valence-corrected chi connectivity index (χ0v) is 16.0. The van der Waals surface area contributed by atoms with Gasteiger partial charge in [-0.1, -0.05) is 30.3 Å². The lowest BCUT2D eigenvalue weighted by Crippen LogP contribution is -2.30. The van der Waals surface area contributed by atoms with Crippen LogP contribution in [0.3, 0.4) is 0 Å². The van der Waals surface area contributed by atoms with Gasteiger partial charge in [0.1, 0.15) is 23.0 Å². The first-order valence-corrected chi connectivity index (χ1v) is 8.97. The molecule has 0 aliphatic carbocycles. The molecule has 5 nitrogen and oxygen atoms in total. The number of nitrogens with zero attached hydrogens (tertiary/aromatic N) is 1. The average molecular weight is 377 g/mol. The third-order valence-corrected chi connectivity index (χ3v) is 4.17. The highest BCUT2D eigenvalue weighted by atomic mass is 16.5. The van der Waals surface area contributed by atoms with Gasteiger partial charge in [-0.3, -0.25) is 4.79 Å². The fourth-order valence-electron chi connectivity index (χ4n) is 2.58. The van der Waals surface area contributed by atoms with Gasteiger partial charge in [-0.25, -0.2) is 0 Å². The molecule has 0 aliphatic rings. The van der Waals surface area contributed by atoms with Crippen LogP contribution in [0.15, 0.2) is 78.9 Å². The van der Waals surface area contributed by atoms with Gasteiger partial charge in [0.25, 0.3) is 5.91 Å². The Labute approximate surface area is 165 Å². The molecule has 1 amide bonds. The second kappa shape index (κ2) is 9.46. The predicted molar refractivity (Wildman–Crippen MR) is 108 cm³/mol. The van der Waals surface area contributed by atoms with Crippen molar-refractivity contribution < 1.29 is 19.0 Å². The maximum Gasteiger partial charge on any atom is 0.260 e. The van der Waals surface area contributed by atoms with Gasteiger partial charge in [0.05, 0.1) is 7.11 Å². The molecule has 28 heavy (non-hydrogen) atoms. The molecule has 0 saturated carbocycles. The van der Waals surface area contributed by atoms with Crippen molar-refractivity contribution in [3.8, 4) is 23.0 Å². The molecule has 0 spiro atoms. The van der Waals surface area contributed by atoms with E-state index < -0.39 is 0 Å². The van der Waals surface area contributed by atoms with Crippen molar-refractivity contribution in [1.29, 1.82) is 0 Å². The van der Waals surface area contributed by atoms with Crippen LogP contribution in [0.1, 0.15) is 5.56 Å². The molecule has 3 rings (SSSR count). The number of methoxy groups -OCH3 is 1. The Kier molecular flexibility index (Phi) is 6.52. The lowest BCUT2D eigenvalue weighted by atomic mass is 10.2. The van der Waals surface area contributed by atoms with Crippen molar-refractivity contribution in [3.05, 3.63) is 84.4 Å². The second-order valence-electron chi connectivity index (χ2n) is 6.27. The highest BCUT2D eigenvalue weighted by Gasteiger charge is 2.10. The number of carbonyl (C=O) groups excluding carboxylic acids is 1. The summed E-state index contributed by atoms with van der Waals surface area (Å²) in [6.07, 6.45) is 0. The van der Waals surface area contributed by atoms with Crippen molar-refractivity contribution >= 4 is 5.91 Å². The van der Waals surface area contributed by atoms with E-state index >= 15 is 0 Å². The van der Waals surface area contributed by atoms with Crippen molar-refractivity contribution in [2.45, 2.75) is 6.54 Å². The maximum atomic E-state index is 12.3. The average Bonchev–Trinajstić information content (AvgIpc) is 2.74. The number of likely N-dealkylation sites (N-methyl/N-ethyl adjacent to an activating group) is 1. The van der Waals surface area contributed by atoms with E-state index in [-0.39, 0.29) is 12.5 Å². The zero-order valence-electron chi connectivity index (χ0n) is 16.0. The van der Waals surface area contributed by atoms with Gasteiger partial charge in [0, 0.05) is 13.6 Å². The van der Waals surface area contributed by atoms with Crippen LogP contribution < -0.4 is 14.2 Å². The van der Waals surface area contributed by atoms with E-state index in [4.69, 9.17) is 14.2 Å². The van der Waals surface area contributed by atoms with Gasteiger partial charge in [-0.05, 0) is 54.1 Å². The topological polar surface area (TPSA) is 48.0 Å². The second-order valence-corrected chi connectivity index (χ2v) is 6.27. The summed E-state index contributed by atoms with van der Waals surface area (Å²) in [6.45, 7) is 0.488. The normalized spacial score (nSPS) is 10.2. The number of amides is 1. The largest absolute Gasteiger partial charge is 0.497 e. The Hall–Kier alpha value is -3.47. The summed E-state index contributed by atoms with van der Waals surface area (Å²) < 4.78 is 16.5. The number of hydrogen-bond donors (Lipinski definition) is 0. The Morgan fingerprint density at radius 1 is 0.786 bits per heavy atom. The maximum absolute atomic E-state index is 12.3. The number of hydrogen-bond acceptors (Lipinski definition) is 4. The van der Waals surface area contributed by atoms with Crippen LogP contribution in [-0.4, -0.2) is 31.6 Å². The summed E-state index contributed by atoms with van der Waals surface area (Å²) in [5.74, 6) is 2.79. The van der Waals surface area contributed by atoms with E-state index in [1.165, 1.54) is 0 Å². The molecule has 0 saturated heterocycles. The van der Waals surface area contributed by atoms with Crippen LogP contribution in [0.2, 0.25) is 0 Å². The molecule has 0 fully saturated rings. The van der Waals surface area contributed by atoms with E-state index in [0.717, 1.165) is 17.1 Å². The summed E-state index contributed by atoms with van der Waals surface area (Å²) in [5.41, 5.74) is 1.03. The summed E-state index contributed by atoms with van der Waals surface area (Å²) in [4.78, 5) is 13.9. The quantitative estimate of drug-likeness (QED) is 0.579. The van der Waals surface area contributed by atoms with Crippen LogP contribution in [0, 0.1) is 0 Å². The molecule has 0 unspecified atom stereocenters. The summed E-state index contributed by atoms with van der Waals surface area (Å²) in [7, 11) is 3.38. The third-order valence-electron chi connectivity index (χ3n) is 4.17. The fourth-order valence-corrected chi connectivity index (χ4v) is 2.58. The van der Waals surface area contributed by atoms with Crippen LogP contribution in [-0.2, 0) is 11.3 Å². The number of carbonyl (C=O) groups is 1. The summed E-state index contributed by atoms with van der Waals surface area (Å²) >= 11 is 0. The minimum Gasteiger partial charge on any atom is -0.497 e. The van der Waals surface area contributed by atoms with Crippen molar-refractivity contribution in [2.24, 2.45) is 0 Å². The highest BCUT2D eigenvalue weighted by molar-refractivity contribution is 5.77. The lowest BCUT2D eigenvalue weighted by Gasteiger charge is -2.18. The van der Waals surface area contributed by atoms with Gasteiger partial charge in [0.15, 0.2) is 6.61 Å². The molecule has 0 aromatic heterocycles. The summed E-state index contributed by atoms with van der Waals surface area (Å²) in [5, 5.41) is 0. The monoisotopic (exact) mass is 377 g/mol. The number of benzene rings is 3. The van der Waals surface area contributed by atoms with Gasteiger partial charge in [-0.2, -0.15) is 0 Å². The number of ether oxygens (including phenoxy) is 3. The smallest absolute Gasteiger partial charge is 0.260 e. The van der Waals surface area contributed by atoms with E-state index in [1.54, 1.807) is 31.2 Å². The molecule has 3 aromatic carbocycles. The van der Waals surface area contributed by atoms with Gasteiger partial charge >= 0.3 is 0 Å². The molecule has 0 N–H and O–H groups in total. The van der Waals surface area contributed by atoms with Crippen LogP contribution >= 0.6 is 0 Å². The Bertz CT molecular complexity index is 877. The molecule has 0 atom stereocenters. The predicted octanol–water partition coefficient (Wildman–Crippen LogP) is 4.52. The Morgan fingerprint density at radius 3 is 2.00 bits per heavy atom. The molecule has 0 radical (unpaired) electrons. The van der Waals surface area contributed by atoms with Crippen molar-refractivity contribution in [1.82, 2.24) is 4.90 Å². The van der Waals surface area contributed by atoms with Crippen molar-refractivity contribution in [3.63, 3.8) is 0 Å². The molecular formula is C23H23NO4. The van der Waals surface area contributed by atoms with E-state index in [9.17, 15) is 4.79 Å².